The average molecular weight is 265 g/mol. The Balaban J connectivity index is 2.93. The number of phenols is 1. The van der Waals surface area contributed by atoms with Gasteiger partial charge in [-0.05, 0) is 24.5 Å². The third kappa shape index (κ3) is 4.28. The number of carboxylic acids is 1. The molecule has 0 radical (unpaired) electrons. The Morgan fingerprint density at radius 2 is 2.16 bits per heavy atom. The van der Waals surface area contributed by atoms with Crippen LogP contribution in [-0.4, -0.2) is 35.5 Å². The molecule has 1 aromatic rings. The summed E-state index contributed by atoms with van der Waals surface area (Å²) in [6, 6.07) is 4.18. The van der Waals surface area contributed by atoms with E-state index in [9.17, 15) is 9.90 Å². The molecule has 5 nitrogen and oxygen atoms in total. The molecule has 0 aliphatic rings. The van der Waals surface area contributed by atoms with Crippen LogP contribution in [0.5, 0.6) is 11.5 Å². The molecule has 0 saturated heterocycles. The van der Waals surface area contributed by atoms with Crippen molar-refractivity contribution in [2.24, 2.45) is 10.9 Å². The molecule has 0 aliphatic carbocycles. The van der Waals surface area contributed by atoms with Crippen LogP contribution in [0.15, 0.2) is 23.2 Å². The second-order valence-corrected chi connectivity index (χ2v) is 4.66. The number of ether oxygens (including phenoxy) is 1. The molecule has 1 atom stereocenters. The molecule has 0 aliphatic heterocycles. The predicted octanol–water partition coefficient (Wildman–Crippen LogP) is 2.32. The van der Waals surface area contributed by atoms with Gasteiger partial charge in [0.05, 0.1) is 7.11 Å². The third-order valence-corrected chi connectivity index (χ3v) is 2.62. The van der Waals surface area contributed by atoms with Gasteiger partial charge in [-0.3, -0.25) is 4.99 Å². The number of para-hydroxylation sites is 1. The van der Waals surface area contributed by atoms with E-state index in [1.807, 2.05) is 13.8 Å². The molecule has 0 saturated carbocycles. The maximum absolute atomic E-state index is 11.1. The van der Waals surface area contributed by atoms with Crippen molar-refractivity contribution in [3.8, 4) is 11.5 Å². The number of methoxy groups -OCH3 is 1. The largest absolute Gasteiger partial charge is 0.504 e. The minimum Gasteiger partial charge on any atom is -0.504 e. The topological polar surface area (TPSA) is 79.1 Å². The van der Waals surface area contributed by atoms with Gasteiger partial charge in [0.2, 0.25) is 0 Å². The first kappa shape index (κ1) is 15.0. The van der Waals surface area contributed by atoms with Crippen LogP contribution in [-0.2, 0) is 4.79 Å². The van der Waals surface area contributed by atoms with Gasteiger partial charge >= 0.3 is 5.97 Å². The SMILES string of the molecule is COc1cccc(C=N[C@@H](CC(C)C)C(=O)O)c1O. The quantitative estimate of drug-likeness (QED) is 0.774. The summed E-state index contributed by atoms with van der Waals surface area (Å²) in [5.74, 6) is -0.438. The van der Waals surface area contributed by atoms with Gasteiger partial charge < -0.3 is 14.9 Å². The van der Waals surface area contributed by atoms with Crippen molar-refractivity contribution < 1.29 is 19.7 Å². The van der Waals surface area contributed by atoms with E-state index in [0.717, 1.165) is 0 Å². The third-order valence-electron chi connectivity index (χ3n) is 2.62. The number of hydrogen-bond donors (Lipinski definition) is 2. The number of benzene rings is 1. The average Bonchev–Trinajstić information content (AvgIpc) is 2.35. The number of aliphatic carboxylic acids is 1. The molecule has 1 aromatic carbocycles. The van der Waals surface area contributed by atoms with Gasteiger partial charge in [0.25, 0.3) is 0 Å². The van der Waals surface area contributed by atoms with Crippen molar-refractivity contribution in [3.05, 3.63) is 23.8 Å². The Morgan fingerprint density at radius 1 is 1.47 bits per heavy atom. The predicted molar refractivity (Wildman–Crippen MR) is 73.1 cm³/mol. The van der Waals surface area contributed by atoms with E-state index >= 15 is 0 Å². The lowest BCUT2D eigenvalue weighted by atomic mass is 10.0. The van der Waals surface area contributed by atoms with Crippen molar-refractivity contribution in [1.82, 2.24) is 0 Å². The summed E-state index contributed by atoms with van der Waals surface area (Å²) in [6.45, 7) is 3.88. The highest BCUT2D eigenvalue weighted by molar-refractivity contribution is 5.87. The summed E-state index contributed by atoms with van der Waals surface area (Å²) < 4.78 is 4.98. The molecule has 0 heterocycles. The van der Waals surface area contributed by atoms with Crippen LogP contribution in [0.1, 0.15) is 25.8 Å². The van der Waals surface area contributed by atoms with E-state index in [4.69, 9.17) is 9.84 Å². The fourth-order valence-corrected chi connectivity index (χ4v) is 1.65. The fraction of sp³-hybridized carbons (Fsp3) is 0.429. The molecule has 1 rings (SSSR count). The van der Waals surface area contributed by atoms with E-state index in [1.165, 1.54) is 13.3 Å². The second kappa shape index (κ2) is 6.78. The van der Waals surface area contributed by atoms with Gasteiger partial charge in [0.1, 0.15) is 6.04 Å². The lowest BCUT2D eigenvalue weighted by Crippen LogP contribution is -2.20. The van der Waals surface area contributed by atoms with E-state index in [0.29, 0.717) is 17.7 Å². The molecule has 5 heteroatoms. The standard InChI is InChI=1S/C14H19NO4/c1-9(2)7-11(14(17)18)15-8-10-5-4-6-12(19-3)13(10)16/h4-6,8-9,11,16H,7H2,1-3H3,(H,17,18)/t11-/m0/s1. The maximum atomic E-state index is 11.1. The van der Waals surface area contributed by atoms with Crippen molar-refractivity contribution in [1.29, 1.82) is 0 Å². The monoisotopic (exact) mass is 265 g/mol. The lowest BCUT2D eigenvalue weighted by Gasteiger charge is -2.10. The summed E-state index contributed by atoms with van der Waals surface area (Å²) in [4.78, 5) is 15.1. The van der Waals surface area contributed by atoms with Crippen LogP contribution in [0, 0.1) is 5.92 Å². The van der Waals surface area contributed by atoms with Crippen LogP contribution in [0.25, 0.3) is 0 Å². The molecule has 0 bridgehead atoms. The number of rotatable bonds is 6. The van der Waals surface area contributed by atoms with Gasteiger partial charge in [-0.2, -0.15) is 0 Å². The summed E-state index contributed by atoms with van der Waals surface area (Å²) in [5.41, 5.74) is 0.439. The van der Waals surface area contributed by atoms with Gasteiger partial charge in [-0.25, -0.2) is 4.79 Å². The number of hydrogen-bond acceptors (Lipinski definition) is 4. The van der Waals surface area contributed by atoms with Crippen LogP contribution in [0.4, 0.5) is 0 Å². The van der Waals surface area contributed by atoms with Crippen LogP contribution < -0.4 is 4.74 Å². The summed E-state index contributed by atoms with van der Waals surface area (Å²) >= 11 is 0. The minimum atomic E-state index is -0.965. The van der Waals surface area contributed by atoms with E-state index < -0.39 is 12.0 Å². The van der Waals surface area contributed by atoms with Gasteiger partial charge in [0.15, 0.2) is 11.5 Å². The Kier molecular flexibility index (Phi) is 5.36. The molecule has 2 N–H and O–H groups in total. The first-order valence-corrected chi connectivity index (χ1v) is 6.07. The zero-order valence-electron chi connectivity index (χ0n) is 11.3. The van der Waals surface area contributed by atoms with E-state index in [-0.39, 0.29) is 11.7 Å². The number of nitrogens with zero attached hydrogens (tertiary/aromatic N) is 1. The Hall–Kier alpha value is -2.04. The zero-order valence-corrected chi connectivity index (χ0v) is 11.3. The fourth-order valence-electron chi connectivity index (χ4n) is 1.65. The Labute approximate surface area is 112 Å². The van der Waals surface area contributed by atoms with Gasteiger partial charge in [0, 0.05) is 11.8 Å². The summed E-state index contributed by atoms with van der Waals surface area (Å²) in [6.07, 6.45) is 1.83. The molecule has 0 unspecified atom stereocenters. The Bertz CT molecular complexity index is 469. The summed E-state index contributed by atoms with van der Waals surface area (Å²) in [5, 5.41) is 18.9. The van der Waals surface area contributed by atoms with E-state index in [2.05, 4.69) is 4.99 Å². The first-order chi connectivity index (χ1) is 8.95. The highest BCUT2D eigenvalue weighted by Crippen LogP contribution is 2.28. The lowest BCUT2D eigenvalue weighted by molar-refractivity contribution is -0.138. The molecular weight excluding hydrogens is 246 g/mol. The molecule has 0 spiro atoms. The van der Waals surface area contributed by atoms with Crippen LogP contribution in [0.3, 0.4) is 0 Å². The second-order valence-electron chi connectivity index (χ2n) is 4.66. The number of carbonyl (C=O) groups is 1. The molecule has 0 aromatic heterocycles. The van der Waals surface area contributed by atoms with Crippen molar-refractivity contribution in [2.45, 2.75) is 26.3 Å². The minimum absolute atomic E-state index is 0.0394. The molecule has 19 heavy (non-hydrogen) atoms. The zero-order chi connectivity index (χ0) is 14.4. The highest BCUT2D eigenvalue weighted by Gasteiger charge is 2.17. The van der Waals surface area contributed by atoms with Crippen molar-refractivity contribution >= 4 is 12.2 Å². The smallest absolute Gasteiger partial charge is 0.328 e. The summed E-state index contributed by atoms with van der Waals surface area (Å²) in [7, 11) is 1.45. The molecule has 0 amide bonds. The normalized spacial score (nSPS) is 12.8. The Morgan fingerprint density at radius 3 is 2.68 bits per heavy atom. The van der Waals surface area contributed by atoms with Crippen LogP contribution >= 0.6 is 0 Å². The van der Waals surface area contributed by atoms with Crippen molar-refractivity contribution in [2.75, 3.05) is 7.11 Å². The molecule has 104 valence electrons. The van der Waals surface area contributed by atoms with Gasteiger partial charge in [-0.1, -0.05) is 19.9 Å². The molecular formula is C14H19NO4. The number of aliphatic imine (C=N–C) groups is 1. The number of phenolic OH excluding ortho intramolecular Hbond substituents is 1. The maximum Gasteiger partial charge on any atom is 0.328 e. The highest BCUT2D eigenvalue weighted by atomic mass is 16.5. The number of aromatic hydroxyl groups is 1. The van der Waals surface area contributed by atoms with Gasteiger partial charge in [-0.15, -0.1) is 0 Å². The number of carboxylic acid groups (broad SMARTS) is 1. The van der Waals surface area contributed by atoms with Crippen LogP contribution in [0.2, 0.25) is 0 Å². The van der Waals surface area contributed by atoms with E-state index in [1.54, 1.807) is 18.2 Å². The first-order valence-electron chi connectivity index (χ1n) is 6.07. The molecule has 0 fully saturated rings. The van der Waals surface area contributed by atoms with Crippen molar-refractivity contribution in [3.63, 3.8) is 0 Å².